The Labute approximate surface area is 85.6 Å². The second kappa shape index (κ2) is 3.22. The molecular formula is C13H18O. The van der Waals surface area contributed by atoms with E-state index in [1.54, 1.807) is 5.57 Å². The van der Waals surface area contributed by atoms with Gasteiger partial charge in [0.15, 0.2) is 0 Å². The lowest BCUT2D eigenvalue weighted by atomic mass is 9.78. The number of hydrogen-bond donors (Lipinski definition) is 0. The number of fused-ring (bicyclic) bond motifs is 2. The fourth-order valence-corrected chi connectivity index (χ4v) is 3.66. The van der Waals surface area contributed by atoms with Crippen LogP contribution in [0.15, 0.2) is 11.6 Å². The molecule has 76 valence electrons. The van der Waals surface area contributed by atoms with E-state index < -0.39 is 0 Å². The van der Waals surface area contributed by atoms with E-state index in [9.17, 15) is 4.79 Å². The topological polar surface area (TPSA) is 17.1 Å². The van der Waals surface area contributed by atoms with Crippen LogP contribution in [-0.2, 0) is 4.79 Å². The van der Waals surface area contributed by atoms with Crippen LogP contribution in [0.25, 0.3) is 0 Å². The molecule has 0 N–H and O–H groups in total. The molecule has 2 saturated carbocycles. The van der Waals surface area contributed by atoms with Crippen molar-refractivity contribution in [2.75, 3.05) is 0 Å². The zero-order valence-electron chi connectivity index (χ0n) is 8.67. The first kappa shape index (κ1) is 8.70. The lowest BCUT2D eigenvalue weighted by molar-refractivity contribution is -0.121. The third-order valence-corrected chi connectivity index (χ3v) is 4.33. The standard InChI is InChI=1S/C13H18O/c14-12-3-1-2-10(8-12)13-7-9-4-5-11(13)6-9/h7,9-11H,1-6,8H2/t9-,10?,11+/m0/s1. The summed E-state index contributed by atoms with van der Waals surface area (Å²) in [6, 6.07) is 0. The van der Waals surface area contributed by atoms with Crippen molar-refractivity contribution in [2.45, 2.75) is 44.9 Å². The van der Waals surface area contributed by atoms with E-state index in [-0.39, 0.29) is 0 Å². The van der Waals surface area contributed by atoms with Crippen molar-refractivity contribution in [2.24, 2.45) is 17.8 Å². The molecule has 0 saturated heterocycles. The van der Waals surface area contributed by atoms with E-state index in [1.165, 1.54) is 25.7 Å². The minimum Gasteiger partial charge on any atom is -0.300 e. The van der Waals surface area contributed by atoms with E-state index in [4.69, 9.17) is 0 Å². The molecule has 1 unspecified atom stereocenters. The molecule has 2 fully saturated rings. The van der Waals surface area contributed by atoms with Crippen molar-refractivity contribution >= 4 is 5.78 Å². The maximum Gasteiger partial charge on any atom is 0.133 e. The molecule has 0 heterocycles. The summed E-state index contributed by atoms with van der Waals surface area (Å²) < 4.78 is 0. The van der Waals surface area contributed by atoms with Gasteiger partial charge in [-0.3, -0.25) is 4.79 Å². The van der Waals surface area contributed by atoms with Gasteiger partial charge in [0, 0.05) is 12.8 Å². The molecule has 3 rings (SSSR count). The third-order valence-electron chi connectivity index (χ3n) is 4.33. The molecule has 0 aromatic rings. The van der Waals surface area contributed by atoms with Crippen LogP contribution in [0.2, 0.25) is 0 Å². The van der Waals surface area contributed by atoms with E-state index in [1.807, 2.05) is 0 Å². The number of carbonyl (C=O) groups is 1. The highest BCUT2D eigenvalue weighted by atomic mass is 16.1. The first-order chi connectivity index (χ1) is 6.83. The normalized spacial score (nSPS) is 41.6. The van der Waals surface area contributed by atoms with Crippen LogP contribution in [0.5, 0.6) is 0 Å². The van der Waals surface area contributed by atoms with Crippen molar-refractivity contribution < 1.29 is 4.79 Å². The highest BCUT2D eigenvalue weighted by Gasteiger charge is 2.37. The van der Waals surface area contributed by atoms with Crippen molar-refractivity contribution in [3.05, 3.63) is 11.6 Å². The molecule has 1 heteroatoms. The van der Waals surface area contributed by atoms with Crippen LogP contribution < -0.4 is 0 Å². The summed E-state index contributed by atoms with van der Waals surface area (Å²) in [5, 5.41) is 0. The average molecular weight is 190 g/mol. The van der Waals surface area contributed by atoms with Gasteiger partial charge < -0.3 is 0 Å². The monoisotopic (exact) mass is 190 g/mol. The number of Topliss-reactive ketones (excluding diaryl/α,β-unsaturated/α-hetero) is 1. The summed E-state index contributed by atoms with van der Waals surface area (Å²) in [6.45, 7) is 0. The second-order valence-corrected chi connectivity index (χ2v) is 5.27. The predicted octanol–water partition coefficient (Wildman–Crippen LogP) is 3.10. The molecule has 3 aliphatic carbocycles. The van der Waals surface area contributed by atoms with Gasteiger partial charge in [-0.05, 0) is 49.9 Å². The molecule has 0 aromatic carbocycles. The van der Waals surface area contributed by atoms with Gasteiger partial charge in [-0.15, -0.1) is 0 Å². The number of allylic oxidation sites excluding steroid dienone is 2. The molecule has 0 radical (unpaired) electrons. The SMILES string of the molecule is O=C1CCCC(C2=C[C@H]3CC[C@@H]2C3)C1. The molecule has 0 aliphatic heterocycles. The zero-order valence-corrected chi connectivity index (χ0v) is 8.67. The van der Waals surface area contributed by atoms with Crippen LogP contribution in [-0.4, -0.2) is 5.78 Å². The molecule has 2 bridgehead atoms. The van der Waals surface area contributed by atoms with Gasteiger partial charge in [0.2, 0.25) is 0 Å². The third kappa shape index (κ3) is 1.34. The Morgan fingerprint density at radius 1 is 1.14 bits per heavy atom. The Kier molecular flexibility index (Phi) is 2.00. The Hall–Kier alpha value is -0.590. The van der Waals surface area contributed by atoms with Gasteiger partial charge in [-0.1, -0.05) is 11.6 Å². The van der Waals surface area contributed by atoms with E-state index in [0.29, 0.717) is 11.7 Å². The van der Waals surface area contributed by atoms with Crippen LogP contribution in [0.3, 0.4) is 0 Å². The summed E-state index contributed by atoms with van der Waals surface area (Å²) >= 11 is 0. The van der Waals surface area contributed by atoms with Crippen molar-refractivity contribution in [1.82, 2.24) is 0 Å². The summed E-state index contributed by atoms with van der Waals surface area (Å²) in [7, 11) is 0. The van der Waals surface area contributed by atoms with Crippen LogP contribution >= 0.6 is 0 Å². The number of hydrogen-bond acceptors (Lipinski definition) is 1. The summed E-state index contributed by atoms with van der Waals surface area (Å²) in [5.41, 5.74) is 1.68. The van der Waals surface area contributed by atoms with Crippen molar-refractivity contribution in [3.63, 3.8) is 0 Å². The lowest BCUT2D eigenvalue weighted by Gasteiger charge is -2.26. The van der Waals surface area contributed by atoms with E-state index in [2.05, 4.69) is 6.08 Å². The van der Waals surface area contributed by atoms with Crippen molar-refractivity contribution in [3.8, 4) is 0 Å². The molecule has 14 heavy (non-hydrogen) atoms. The Bertz CT molecular complexity index is 290. The summed E-state index contributed by atoms with van der Waals surface area (Å²) in [5.74, 6) is 2.90. The maximum atomic E-state index is 11.4. The first-order valence-electron chi connectivity index (χ1n) is 6.06. The van der Waals surface area contributed by atoms with E-state index >= 15 is 0 Å². The van der Waals surface area contributed by atoms with Gasteiger partial charge in [0.1, 0.15) is 5.78 Å². The van der Waals surface area contributed by atoms with Gasteiger partial charge in [-0.25, -0.2) is 0 Å². The average Bonchev–Trinajstić information content (AvgIpc) is 2.78. The number of carbonyl (C=O) groups excluding carboxylic acids is 1. The molecule has 1 nitrogen and oxygen atoms in total. The molecule has 3 atom stereocenters. The summed E-state index contributed by atoms with van der Waals surface area (Å²) in [4.78, 5) is 11.4. The number of ketones is 1. The quantitative estimate of drug-likeness (QED) is 0.581. The molecule has 0 spiro atoms. The van der Waals surface area contributed by atoms with Gasteiger partial charge in [0.05, 0.1) is 0 Å². The maximum absolute atomic E-state index is 11.4. The minimum absolute atomic E-state index is 0.505. The lowest BCUT2D eigenvalue weighted by Crippen LogP contribution is -2.19. The van der Waals surface area contributed by atoms with Crippen LogP contribution in [0, 0.1) is 17.8 Å². The molecular weight excluding hydrogens is 172 g/mol. The fraction of sp³-hybridized carbons (Fsp3) is 0.769. The fourth-order valence-electron chi connectivity index (χ4n) is 3.66. The Balaban J connectivity index is 1.76. The largest absolute Gasteiger partial charge is 0.300 e. The highest BCUT2D eigenvalue weighted by molar-refractivity contribution is 5.79. The predicted molar refractivity (Wildman–Crippen MR) is 55.9 cm³/mol. The zero-order chi connectivity index (χ0) is 9.54. The number of rotatable bonds is 1. The van der Waals surface area contributed by atoms with Crippen molar-refractivity contribution in [1.29, 1.82) is 0 Å². The highest BCUT2D eigenvalue weighted by Crippen LogP contribution is 2.48. The first-order valence-corrected chi connectivity index (χ1v) is 6.06. The molecule has 0 aromatic heterocycles. The summed E-state index contributed by atoms with van der Waals surface area (Å²) in [6.07, 6.45) is 10.8. The van der Waals surface area contributed by atoms with Gasteiger partial charge in [-0.2, -0.15) is 0 Å². The molecule has 3 aliphatic rings. The van der Waals surface area contributed by atoms with Crippen LogP contribution in [0.1, 0.15) is 44.9 Å². The molecule has 0 amide bonds. The Morgan fingerprint density at radius 3 is 2.71 bits per heavy atom. The second-order valence-electron chi connectivity index (χ2n) is 5.27. The Morgan fingerprint density at radius 2 is 2.07 bits per heavy atom. The van der Waals surface area contributed by atoms with Gasteiger partial charge >= 0.3 is 0 Å². The minimum atomic E-state index is 0.505. The smallest absolute Gasteiger partial charge is 0.133 e. The van der Waals surface area contributed by atoms with E-state index in [0.717, 1.165) is 31.1 Å². The van der Waals surface area contributed by atoms with Crippen LogP contribution in [0.4, 0.5) is 0 Å². The van der Waals surface area contributed by atoms with Gasteiger partial charge in [0.25, 0.3) is 0 Å².